The number of nitrogens with zero attached hydrogens (tertiary/aromatic N) is 1. The second-order valence-corrected chi connectivity index (χ2v) is 5.19. The molecule has 7 nitrogen and oxygen atoms in total. The van der Waals surface area contributed by atoms with Crippen molar-refractivity contribution in [2.45, 2.75) is 26.3 Å². The van der Waals surface area contributed by atoms with E-state index in [2.05, 4.69) is 15.8 Å². The molecule has 1 aromatic rings. The molecule has 0 saturated carbocycles. The maximum Gasteiger partial charge on any atom is 0.260 e. The number of hydrogen-bond acceptors (Lipinski definition) is 4. The van der Waals surface area contributed by atoms with E-state index in [4.69, 9.17) is 22.2 Å². The third-order valence-corrected chi connectivity index (χ3v) is 2.65. The number of carbonyl (C=O) groups is 2. The van der Waals surface area contributed by atoms with Crippen molar-refractivity contribution in [3.05, 3.63) is 29.3 Å². The lowest BCUT2D eigenvalue weighted by atomic mass is 10.3. The van der Waals surface area contributed by atoms with Crippen LogP contribution in [0.4, 0.5) is 5.69 Å². The number of rotatable bonds is 7. The molecule has 0 atom stereocenters. The summed E-state index contributed by atoms with van der Waals surface area (Å²) in [5.74, 6) is -0.737. The van der Waals surface area contributed by atoms with Crippen LogP contribution in [0.3, 0.4) is 0 Å². The molecule has 0 aliphatic rings. The molecular weight excluding hydrogens is 308 g/mol. The number of halogens is 1. The highest BCUT2D eigenvalue weighted by Gasteiger charge is 2.08. The van der Waals surface area contributed by atoms with Crippen LogP contribution >= 0.6 is 11.6 Å². The lowest BCUT2D eigenvalue weighted by Crippen LogP contribution is -2.33. The fraction of sp³-hybridized carbons (Fsp3) is 0.357. The smallest absolute Gasteiger partial charge is 0.260 e. The Morgan fingerprint density at radius 3 is 2.64 bits per heavy atom. The van der Waals surface area contributed by atoms with E-state index in [-0.39, 0.29) is 36.7 Å². The summed E-state index contributed by atoms with van der Waals surface area (Å²) in [5.41, 5.74) is 6.04. The van der Waals surface area contributed by atoms with Crippen molar-refractivity contribution in [3.8, 4) is 0 Å². The number of para-hydroxylation sites is 1. The Labute approximate surface area is 133 Å². The standard InChI is InChI=1S/C14H19ClN4O3/c1-9(2)17-14(21)8-22-19-12(16)7-13(20)18-11-6-4-3-5-10(11)15/h3-6,9H,7-8H2,1-2H3,(H2,16,19)(H,17,21)(H,18,20). The zero-order chi connectivity index (χ0) is 16.5. The third kappa shape index (κ3) is 6.94. The van der Waals surface area contributed by atoms with Crippen LogP contribution in [-0.4, -0.2) is 30.3 Å². The lowest BCUT2D eigenvalue weighted by Gasteiger charge is -2.08. The van der Waals surface area contributed by atoms with Gasteiger partial charge in [0, 0.05) is 6.04 Å². The maximum absolute atomic E-state index is 11.8. The van der Waals surface area contributed by atoms with Gasteiger partial charge in [-0.05, 0) is 26.0 Å². The highest BCUT2D eigenvalue weighted by Crippen LogP contribution is 2.20. The summed E-state index contributed by atoms with van der Waals surface area (Å²) in [6.45, 7) is 3.40. The molecule has 0 aliphatic carbocycles. The Bertz CT molecular complexity index is 561. The molecule has 0 saturated heterocycles. The number of amides is 2. The first kappa shape index (κ1) is 17.8. The fourth-order valence-corrected chi connectivity index (χ4v) is 1.67. The van der Waals surface area contributed by atoms with Crippen LogP contribution in [0.5, 0.6) is 0 Å². The van der Waals surface area contributed by atoms with Crippen molar-refractivity contribution in [1.29, 1.82) is 0 Å². The normalized spacial score (nSPS) is 11.2. The summed E-state index contributed by atoms with van der Waals surface area (Å²) in [7, 11) is 0. The molecule has 0 radical (unpaired) electrons. The van der Waals surface area contributed by atoms with Gasteiger partial charge >= 0.3 is 0 Å². The molecule has 0 aromatic heterocycles. The molecule has 1 rings (SSSR count). The van der Waals surface area contributed by atoms with Gasteiger partial charge in [-0.15, -0.1) is 0 Å². The minimum absolute atomic E-state index is 0.0128. The summed E-state index contributed by atoms with van der Waals surface area (Å²) >= 11 is 5.92. The summed E-state index contributed by atoms with van der Waals surface area (Å²) in [5, 5.41) is 9.17. The van der Waals surface area contributed by atoms with Crippen molar-refractivity contribution in [2.75, 3.05) is 11.9 Å². The largest absolute Gasteiger partial charge is 0.384 e. The number of carbonyl (C=O) groups excluding carboxylic acids is 2. The van der Waals surface area contributed by atoms with Crippen molar-refractivity contribution in [3.63, 3.8) is 0 Å². The average Bonchev–Trinajstić information content (AvgIpc) is 2.40. The van der Waals surface area contributed by atoms with Crippen LogP contribution in [0.25, 0.3) is 0 Å². The molecule has 4 N–H and O–H groups in total. The molecule has 0 bridgehead atoms. The lowest BCUT2D eigenvalue weighted by molar-refractivity contribution is -0.126. The van der Waals surface area contributed by atoms with Gasteiger partial charge < -0.3 is 21.2 Å². The van der Waals surface area contributed by atoms with E-state index in [1.165, 1.54) is 0 Å². The van der Waals surface area contributed by atoms with Gasteiger partial charge in [0.05, 0.1) is 17.1 Å². The van der Waals surface area contributed by atoms with Crippen molar-refractivity contribution in [2.24, 2.45) is 10.9 Å². The second-order valence-electron chi connectivity index (χ2n) is 4.78. The number of oxime groups is 1. The zero-order valence-corrected chi connectivity index (χ0v) is 13.2. The van der Waals surface area contributed by atoms with Gasteiger partial charge in [-0.1, -0.05) is 28.9 Å². The Kier molecular flexibility index (Phi) is 7.18. The Morgan fingerprint density at radius 2 is 2.00 bits per heavy atom. The molecule has 22 heavy (non-hydrogen) atoms. The average molecular weight is 327 g/mol. The van der Waals surface area contributed by atoms with E-state index < -0.39 is 0 Å². The van der Waals surface area contributed by atoms with Gasteiger partial charge in [-0.3, -0.25) is 9.59 Å². The van der Waals surface area contributed by atoms with Crippen LogP contribution in [0, 0.1) is 0 Å². The van der Waals surface area contributed by atoms with Crippen LogP contribution in [0.15, 0.2) is 29.4 Å². The van der Waals surface area contributed by atoms with Crippen LogP contribution < -0.4 is 16.4 Å². The van der Waals surface area contributed by atoms with E-state index in [0.717, 1.165) is 0 Å². The Hall–Kier alpha value is -2.28. The van der Waals surface area contributed by atoms with Gasteiger partial charge in [0.25, 0.3) is 5.91 Å². The van der Waals surface area contributed by atoms with Gasteiger partial charge in [0.2, 0.25) is 5.91 Å². The van der Waals surface area contributed by atoms with E-state index >= 15 is 0 Å². The minimum Gasteiger partial charge on any atom is -0.384 e. The zero-order valence-electron chi connectivity index (χ0n) is 12.4. The number of amidine groups is 1. The molecular formula is C14H19ClN4O3. The molecule has 0 unspecified atom stereocenters. The predicted molar refractivity (Wildman–Crippen MR) is 85.6 cm³/mol. The Balaban J connectivity index is 2.39. The number of nitrogens with two attached hydrogens (primary N) is 1. The second kappa shape index (κ2) is 8.89. The topological polar surface area (TPSA) is 106 Å². The SMILES string of the molecule is CC(C)NC(=O)CON=C(N)CC(=O)Nc1ccccc1Cl. The third-order valence-electron chi connectivity index (χ3n) is 2.32. The molecule has 1 aromatic carbocycles. The molecule has 8 heteroatoms. The predicted octanol–water partition coefficient (Wildman–Crippen LogP) is 1.48. The fourth-order valence-electron chi connectivity index (χ4n) is 1.49. The van der Waals surface area contributed by atoms with E-state index in [1.807, 2.05) is 13.8 Å². The van der Waals surface area contributed by atoms with Crippen molar-refractivity contribution in [1.82, 2.24) is 5.32 Å². The molecule has 0 fully saturated rings. The first-order valence-electron chi connectivity index (χ1n) is 6.66. The van der Waals surface area contributed by atoms with Gasteiger partial charge in [0.15, 0.2) is 6.61 Å². The number of anilines is 1. The number of benzene rings is 1. The molecule has 0 heterocycles. The molecule has 120 valence electrons. The summed E-state index contributed by atoms with van der Waals surface area (Å²) in [4.78, 5) is 27.8. The van der Waals surface area contributed by atoms with Gasteiger partial charge in [0.1, 0.15) is 5.84 Å². The quantitative estimate of drug-likeness (QED) is 0.401. The number of hydrogen-bond donors (Lipinski definition) is 3. The van der Waals surface area contributed by atoms with E-state index in [1.54, 1.807) is 24.3 Å². The van der Waals surface area contributed by atoms with Crippen LogP contribution in [0.2, 0.25) is 5.02 Å². The van der Waals surface area contributed by atoms with Crippen LogP contribution in [-0.2, 0) is 14.4 Å². The summed E-state index contributed by atoms with van der Waals surface area (Å²) in [6, 6.07) is 6.84. The summed E-state index contributed by atoms with van der Waals surface area (Å²) < 4.78 is 0. The van der Waals surface area contributed by atoms with Gasteiger partial charge in [-0.2, -0.15) is 0 Å². The molecule has 2 amide bonds. The first-order chi connectivity index (χ1) is 10.4. The van der Waals surface area contributed by atoms with Gasteiger partial charge in [-0.25, -0.2) is 0 Å². The van der Waals surface area contributed by atoms with Crippen molar-refractivity contribution < 1.29 is 14.4 Å². The van der Waals surface area contributed by atoms with E-state index in [0.29, 0.717) is 10.7 Å². The molecule has 0 aliphatic heterocycles. The minimum atomic E-state index is -0.385. The Morgan fingerprint density at radius 1 is 1.32 bits per heavy atom. The maximum atomic E-state index is 11.8. The number of nitrogens with one attached hydrogen (secondary N) is 2. The highest BCUT2D eigenvalue weighted by molar-refractivity contribution is 6.33. The summed E-state index contributed by atoms with van der Waals surface area (Å²) in [6.07, 6.45) is -0.170. The first-order valence-corrected chi connectivity index (χ1v) is 7.04. The molecule has 0 spiro atoms. The monoisotopic (exact) mass is 326 g/mol. The van der Waals surface area contributed by atoms with E-state index in [9.17, 15) is 9.59 Å². The van der Waals surface area contributed by atoms with Crippen LogP contribution in [0.1, 0.15) is 20.3 Å². The van der Waals surface area contributed by atoms with Crippen molar-refractivity contribution >= 4 is 34.9 Å². The highest BCUT2D eigenvalue weighted by atomic mass is 35.5.